The van der Waals surface area contributed by atoms with Crippen molar-refractivity contribution in [1.82, 2.24) is 4.98 Å². The third-order valence-electron chi connectivity index (χ3n) is 4.16. The highest BCUT2D eigenvalue weighted by atomic mass is 79.9. The Balaban J connectivity index is 1.54. The first-order valence-electron chi connectivity index (χ1n) is 8.46. The van der Waals surface area contributed by atoms with Crippen molar-refractivity contribution in [3.05, 3.63) is 94.1 Å². The minimum Gasteiger partial charge on any atom is -0.487 e. The Morgan fingerprint density at radius 3 is 2.63 bits per heavy atom. The number of ether oxygens (including phenoxy) is 1. The van der Waals surface area contributed by atoms with Gasteiger partial charge in [0.15, 0.2) is 0 Å². The van der Waals surface area contributed by atoms with Crippen molar-refractivity contribution in [2.45, 2.75) is 6.61 Å². The largest absolute Gasteiger partial charge is 0.487 e. The van der Waals surface area contributed by atoms with E-state index in [1.165, 1.54) is 0 Å². The summed E-state index contributed by atoms with van der Waals surface area (Å²) in [4.78, 5) is 4.47. The maximum absolute atomic E-state index is 6.41. The second-order valence-electron chi connectivity index (χ2n) is 6.07. The lowest BCUT2D eigenvalue weighted by molar-refractivity contribution is 0.306. The topological polar surface area (TPSA) is 34.2 Å². The predicted molar refractivity (Wildman–Crippen MR) is 115 cm³/mol. The van der Waals surface area contributed by atoms with Crippen molar-refractivity contribution in [3.8, 4) is 5.75 Å². The van der Waals surface area contributed by atoms with Crippen LogP contribution >= 0.6 is 27.5 Å². The molecular formula is C22H16BrClN2O. The molecule has 0 radical (unpaired) electrons. The van der Waals surface area contributed by atoms with Gasteiger partial charge in [0.1, 0.15) is 18.2 Å². The van der Waals surface area contributed by atoms with Gasteiger partial charge in [-0.05, 0) is 47.3 Å². The Hall–Kier alpha value is -2.56. The van der Waals surface area contributed by atoms with E-state index in [9.17, 15) is 0 Å². The van der Waals surface area contributed by atoms with Crippen LogP contribution in [0.15, 0.2) is 83.5 Å². The SMILES string of the molecule is Clc1cc(Nc2nccc3ccc(Br)cc23)ccc1OCc1ccccc1. The standard InChI is InChI=1S/C22H16BrClN2O/c23-17-7-6-16-10-11-25-22(19(16)12-17)26-18-8-9-21(20(24)13-18)27-14-15-4-2-1-3-5-15/h1-13H,14H2,(H,25,26). The maximum Gasteiger partial charge on any atom is 0.138 e. The number of anilines is 2. The Morgan fingerprint density at radius 1 is 0.963 bits per heavy atom. The quantitative estimate of drug-likeness (QED) is 0.364. The number of hydrogen-bond donors (Lipinski definition) is 1. The smallest absolute Gasteiger partial charge is 0.138 e. The monoisotopic (exact) mass is 438 g/mol. The third-order valence-corrected chi connectivity index (χ3v) is 4.95. The van der Waals surface area contributed by atoms with Crippen LogP contribution in [-0.4, -0.2) is 4.98 Å². The molecule has 134 valence electrons. The van der Waals surface area contributed by atoms with Gasteiger partial charge < -0.3 is 10.1 Å². The lowest BCUT2D eigenvalue weighted by atomic mass is 10.1. The van der Waals surface area contributed by atoms with E-state index < -0.39 is 0 Å². The molecule has 0 atom stereocenters. The summed E-state index contributed by atoms with van der Waals surface area (Å²) in [6, 6.07) is 23.8. The number of nitrogens with one attached hydrogen (secondary N) is 1. The summed E-state index contributed by atoms with van der Waals surface area (Å²) < 4.78 is 6.84. The minimum atomic E-state index is 0.478. The fraction of sp³-hybridized carbons (Fsp3) is 0.0455. The normalized spacial score (nSPS) is 10.7. The Morgan fingerprint density at radius 2 is 1.81 bits per heavy atom. The third kappa shape index (κ3) is 4.24. The highest BCUT2D eigenvalue weighted by Gasteiger charge is 2.07. The van der Waals surface area contributed by atoms with Crippen LogP contribution < -0.4 is 10.1 Å². The molecule has 27 heavy (non-hydrogen) atoms. The highest BCUT2D eigenvalue weighted by Crippen LogP contribution is 2.32. The van der Waals surface area contributed by atoms with Gasteiger partial charge in [0.2, 0.25) is 0 Å². The summed E-state index contributed by atoms with van der Waals surface area (Å²) in [6.45, 7) is 0.478. The summed E-state index contributed by atoms with van der Waals surface area (Å²) in [5.41, 5.74) is 1.95. The minimum absolute atomic E-state index is 0.478. The molecule has 4 aromatic rings. The molecule has 0 aliphatic heterocycles. The van der Waals surface area contributed by atoms with E-state index in [0.717, 1.165) is 32.3 Å². The Labute approximate surface area is 171 Å². The number of aromatic nitrogens is 1. The van der Waals surface area contributed by atoms with Crippen molar-refractivity contribution in [1.29, 1.82) is 0 Å². The number of benzene rings is 3. The van der Waals surface area contributed by atoms with Gasteiger partial charge in [0, 0.05) is 21.7 Å². The van der Waals surface area contributed by atoms with Crippen molar-refractivity contribution in [2.75, 3.05) is 5.32 Å². The lowest BCUT2D eigenvalue weighted by Crippen LogP contribution is -1.97. The zero-order valence-electron chi connectivity index (χ0n) is 14.3. The number of halogens is 2. The van der Waals surface area contributed by atoms with E-state index >= 15 is 0 Å². The van der Waals surface area contributed by atoms with Gasteiger partial charge in [-0.2, -0.15) is 0 Å². The van der Waals surface area contributed by atoms with Crippen molar-refractivity contribution >= 4 is 49.8 Å². The highest BCUT2D eigenvalue weighted by molar-refractivity contribution is 9.10. The molecule has 0 bridgehead atoms. The van der Waals surface area contributed by atoms with Gasteiger partial charge in [0.05, 0.1) is 5.02 Å². The molecule has 0 spiro atoms. The molecule has 3 nitrogen and oxygen atoms in total. The van der Waals surface area contributed by atoms with Gasteiger partial charge in [0.25, 0.3) is 0 Å². The molecule has 0 aliphatic carbocycles. The van der Waals surface area contributed by atoms with Gasteiger partial charge >= 0.3 is 0 Å². The number of nitrogens with zero attached hydrogens (tertiary/aromatic N) is 1. The van der Waals surface area contributed by atoms with E-state index in [2.05, 4.69) is 32.3 Å². The van der Waals surface area contributed by atoms with Crippen molar-refractivity contribution < 1.29 is 4.74 Å². The lowest BCUT2D eigenvalue weighted by Gasteiger charge is -2.12. The second-order valence-corrected chi connectivity index (χ2v) is 7.39. The molecule has 0 fully saturated rings. The number of pyridine rings is 1. The molecule has 1 aromatic heterocycles. The Kier molecular flexibility index (Phi) is 5.28. The van der Waals surface area contributed by atoms with Crippen LogP contribution in [0.5, 0.6) is 5.75 Å². The van der Waals surface area contributed by atoms with Crippen LogP contribution in [0.25, 0.3) is 10.8 Å². The zero-order chi connectivity index (χ0) is 18.6. The summed E-state index contributed by atoms with van der Waals surface area (Å²) in [5.74, 6) is 1.43. The molecule has 1 N–H and O–H groups in total. The molecule has 0 amide bonds. The van der Waals surface area contributed by atoms with E-state index in [1.807, 2.05) is 66.7 Å². The van der Waals surface area contributed by atoms with Gasteiger partial charge in [-0.1, -0.05) is 63.9 Å². The average molecular weight is 440 g/mol. The van der Waals surface area contributed by atoms with Crippen LogP contribution in [0.4, 0.5) is 11.5 Å². The molecule has 0 aliphatic rings. The summed E-state index contributed by atoms with van der Waals surface area (Å²) in [6.07, 6.45) is 1.79. The van der Waals surface area contributed by atoms with E-state index in [4.69, 9.17) is 16.3 Å². The number of rotatable bonds is 5. The van der Waals surface area contributed by atoms with Crippen molar-refractivity contribution in [2.24, 2.45) is 0 Å². The van der Waals surface area contributed by atoms with Gasteiger partial charge in [-0.15, -0.1) is 0 Å². The average Bonchev–Trinajstić information content (AvgIpc) is 2.69. The summed E-state index contributed by atoms with van der Waals surface area (Å²) in [7, 11) is 0. The molecule has 0 saturated heterocycles. The van der Waals surface area contributed by atoms with Gasteiger partial charge in [-0.3, -0.25) is 0 Å². The predicted octanol–water partition coefficient (Wildman–Crippen LogP) is 6.97. The van der Waals surface area contributed by atoms with Gasteiger partial charge in [-0.25, -0.2) is 4.98 Å². The Bertz CT molecular complexity index is 1090. The van der Waals surface area contributed by atoms with E-state index in [-0.39, 0.29) is 0 Å². The van der Waals surface area contributed by atoms with E-state index in [1.54, 1.807) is 6.20 Å². The van der Waals surface area contributed by atoms with E-state index in [0.29, 0.717) is 17.4 Å². The first-order valence-corrected chi connectivity index (χ1v) is 9.64. The van der Waals surface area contributed by atoms with Crippen molar-refractivity contribution in [3.63, 3.8) is 0 Å². The van der Waals surface area contributed by atoms with Crippen LogP contribution in [0, 0.1) is 0 Å². The molecule has 5 heteroatoms. The summed E-state index contributed by atoms with van der Waals surface area (Å²) in [5, 5.41) is 6.05. The fourth-order valence-electron chi connectivity index (χ4n) is 2.81. The maximum atomic E-state index is 6.41. The second kappa shape index (κ2) is 7.99. The molecule has 0 unspecified atom stereocenters. The molecular weight excluding hydrogens is 424 g/mol. The molecule has 3 aromatic carbocycles. The fourth-order valence-corrected chi connectivity index (χ4v) is 3.40. The molecule has 0 saturated carbocycles. The van der Waals surface area contributed by atoms with Crippen LogP contribution in [0.2, 0.25) is 5.02 Å². The molecule has 1 heterocycles. The zero-order valence-corrected chi connectivity index (χ0v) is 16.7. The first kappa shape index (κ1) is 17.8. The molecule has 4 rings (SSSR count). The number of hydrogen-bond acceptors (Lipinski definition) is 3. The summed E-state index contributed by atoms with van der Waals surface area (Å²) >= 11 is 9.93. The van der Waals surface area contributed by atoms with Crippen LogP contribution in [0.3, 0.4) is 0 Å². The van der Waals surface area contributed by atoms with Crippen LogP contribution in [-0.2, 0) is 6.61 Å². The first-order chi connectivity index (χ1) is 13.2. The van der Waals surface area contributed by atoms with Crippen LogP contribution in [0.1, 0.15) is 5.56 Å². The number of fused-ring (bicyclic) bond motifs is 1.